The molecule has 142 valence electrons. The third-order valence-electron chi connectivity index (χ3n) is 5.63. The fourth-order valence-corrected chi connectivity index (χ4v) is 4.07. The van der Waals surface area contributed by atoms with Crippen molar-refractivity contribution in [3.63, 3.8) is 0 Å². The summed E-state index contributed by atoms with van der Waals surface area (Å²) >= 11 is 0. The molecule has 26 heavy (non-hydrogen) atoms. The monoisotopic (exact) mass is 358 g/mol. The van der Waals surface area contributed by atoms with Gasteiger partial charge in [0.2, 0.25) is 11.8 Å². The van der Waals surface area contributed by atoms with Crippen LogP contribution >= 0.6 is 0 Å². The van der Waals surface area contributed by atoms with Crippen molar-refractivity contribution in [2.45, 2.75) is 57.4 Å². The number of carbonyl (C=O) groups excluding carboxylic acids is 2. The number of nitrogens with one attached hydrogen (secondary N) is 1. The molecule has 2 amide bonds. The molecular weight excluding hydrogens is 328 g/mol. The van der Waals surface area contributed by atoms with Crippen LogP contribution in [0.1, 0.15) is 50.5 Å². The third kappa shape index (κ3) is 4.77. The van der Waals surface area contributed by atoms with E-state index in [9.17, 15) is 9.59 Å². The predicted molar refractivity (Wildman–Crippen MR) is 101 cm³/mol. The van der Waals surface area contributed by atoms with E-state index < -0.39 is 0 Å². The lowest BCUT2D eigenvalue weighted by Crippen LogP contribution is -2.39. The fourth-order valence-electron chi connectivity index (χ4n) is 4.07. The molecule has 2 fully saturated rings. The van der Waals surface area contributed by atoms with Crippen molar-refractivity contribution in [1.29, 1.82) is 0 Å². The Morgan fingerprint density at radius 1 is 1.19 bits per heavy atom. The number of hydrogen-bond donors (Lipinski definition) is 1. The fraction of sp³-hybridized carbons (Fsp3) is 0.619. The molecule has 3 rings (SSSR count). The van der Waals surface area contributed by atoms with Crippen molar-refractivity contribution in [2.24, 2.45) is 5.92 Å². The van der Waals surface area contributed by atoms with Gasteiger partial charge in [-0.15, -0.1) is 0 Å². The molecule has 1 saturated heterocycles. The largest absolute Gasteiger partial charge is 0.496 e. The molecule has 0 bridgehead atoms. The topological polar surface area (TPSA) is 58.6 Å². The lowest BCUT2D eigenvalue weighted by Gasteiger charge is -2.20. The normalized spacial score (nSPS) is 21.5. The number of methoxy groups -OCH3 is 1. The summed E-state index contributed by atoms with van der Waals surface area (Å²) in [5.74, 6) is 0.788. The molecule has 1 aromatic rings. The van der Waals surface area contributed by atoms with Gasteiger partial charge in [0.1, 0.15) is 5.75 Å². The molecule has 2 aliphatic rings. The van der Waals surface area contributed by atoms with E-state index in [0.717, 1.165) is 30.6 Å². The number of amides is 2. The molecule has 0 spiro atoms. The number of nitrogens with zero attached hydrogens (tertiary/aromatic N) is 1. The van der Waals surface area contributed by atoms with Gasteiger partial charge in [0.05, 0.1) is 13.0 Å². The molecule has 0 aromatic heterocycles. The Kier molecular flexibility index (Phi) is 6.53. The molecular formula is C21H30N2O3. The van der Waals surface area contributed by atoms with Crippen molar-refractivity contribution in [2.75, 3.05) is 20.2 Å². The van der Waals surface area contributed by atoms with E-state index in [1.165, 1.54) is 25.7 Å². The number of hydrogen-bond acceptors (Lipinski definition) is 3. The van der Waals surface area contributed by atoms with Crippen LogP contribution in [0.2, 0.25) is 0 Å². The van der Waals surface area contributed by atoms with Crippen molar-refractivity contribution in [3.05, 3.63) is 29.8 Å². The van der Waals surface area contributed by atoms with Gasteiger partial charge in [-0.25, -0.2) is 0 Å². The van der Waals surface area contributed by atoms with Crippen LogP contribution in [0.5, 0.6) is 5.75 Å². The highest BCUT2D eigenvalue weighted by atomic mass is 16.5. The number of rotatable bonds is 6. The molecule has 5 heteroatoms. The minimum atomic E-state index is -0.205. The molecule has 1 aliphatic heterocycles. The maximum absolute atomic E-state index is 12.6. The smallest absolute Gasteiger partial charge is 0.225 e. The van der Waals surface area contributed by atoms with Gasteiger partial charge in [-0.1, -0.05) is 43.9 Å². The molecule has 1 heterocycles. The van der Waals surface area contributed by atoms with Crippen LogP contribution in [0.25, 0.3) is 0 Å². The number of carbonyl (C=O) groups is 2. The second-order valence-corrected chi connectivity index (χ2v) is 7.50. The Hall–Kier alpha value is -2.04. The third-order valence-corrected chi connectivity index (χ3v) is 5.63. The van der Waals surface area contributed by atoms with Gasteiger partial charge in [0, 0.05) is 25.6 Å². The average Bonchev–Trinajstić information content (AvgIpc) is 2.85. The lowest BCUT2D eigenvalue weighted by molar-refractivity contribution is -0.129. The molecule has 1 unspecified atom stereocenters. The van der Waals surface area contributed by atoms with E-state index in [0.29, 0.717) is 25.6 Å². The maximum Gasteiger partial charge on any atom is 0.225 e. The van der Waals surface area contributed by atoms with E-state index in [1.807, 2.05) is 29.2 Å². The van der Waals surface area contributed by atoms with Crippen molar-refractivity contribution < 1.29 is 14.3 Å². The summed E-state index contributed by atoms with van der Waals surface area (Å²) < 4.78 is 5.37. The number of benzene rings is 1. The average molecular weight is 358 g/mol. The Bertz CT molecular complexity index is 623. The minimum absolute atomic E-state index is 0.0602. The van der Waals surface area contributed by atoms with E-state index in [4.69, 9.17) is 4.74 Å². The summed E-state index contributed by atoms with van der Waals surface area (Å²) in [6.45, 7) is 1.17. The zero-order valence-corrected chi connectivity index (χ0v) is 15.7. The quantitative estimate of drug-likeness (QED) is 0.796. The lowest BCUT2D eigenvalue weighted by atomic mass is 10.0. The van der Waals surface area contributed by atoms with E-state index >= 15 is 0 Å². The highest BCUT2D eigenvalue weighted by Crippen LogP contribution is 2.23. The number of likely N-dealkylation sites (tertiary alicyclic amines) is 1. The van der Waals surface area contributed by atoms with E-state index in [2.05, 4.69) is 5.32 Å². The second kappa shape index (κ2) is 9.06. The molecule has 1 atom stereocenters. The van der Waals surface area contributed by atoms with Gasteiger partial charge in [-0.05, 0) is 30.9 Å². The summed E-state index contributed by atoms with van der Waals surface area (Å²) in [4.78, 5) is 26.7. The Balaban J connectivity index is 1.50. The zero-order valence-electron chi connectivity index (χ0n) is 15.7. The first kappa shape index (κ1) is 18.7. The summed E-state index contributed by atoms with van der Waals surface area (Å²) in [6, 6.07) is 8.17. The van der Waals surface area contributed by atoms with Crippen LogP contribution < -0.4 is 10.1 Å². The molecule has 5 nitrogen and oxygen atoms in total. The summed E-state index contributed by atoms with van der Waals surface area (Å²) in [5.41, 5.74) is 1.09. The zero-order chi connectivity index (χ0) is 18.4. The molecule has 0 radical (unpaired) electrons. The number of para-hydroxylation sites is 1. The standard InChI is InChI=1S/C21H30N2O3/c1-26-19-11-7-6-8-16(19)12-13-23-15-17(14-20(23)24)21(25)22-18-9-4-2-3-5-10-18/h6-8,11,17-18H,2-5,9-10,12-15H2,1H3,(H,22,25). The van der Waals surface area contributed by atoms with Crippen molar-refractivity contribution in [3.8, 4) is 5.75 Å². The van der Waals surface area contributed by atoms with Crippen LogP contribution in [0.3, 0.4) is 0 Å². The van der Waals surface area contributed by atoms with Gasteiger partial charge >= 0.3 is 0 Å². The molecule has 1 aromatic carbocycles. The number of ether oxygens (including phenoxy) is 1. The van der Waals surface area contributed by atoms with E-state index in [-0.39, 0.29) is 17.7 Å². The Morgan fingerprint density at radius 2 is 1.92 bits per heavy atom. The first-order chi connectivity index (χ1) is 12.7. The van der Waals surface area contributed by atoms with Gasteiger partial charge < -0.3 is 15.0 Å². The van der Waals surface area contributed by atoms with E-state index in [1.54, 1.807) is 7.11 Å². The van der Waals surface area contributed by atoms with Crippen molar-refractivity contribution >= 4 is 11.8 Å². The molecule has 1 saturated carbocycles. The Labute approximate surface area is 156 Å². The highest BCUT2D eigenvalue weighted by molar-refractivity contribution is 5.89. The molecule has 1 aliphatic carbocycles. The van der Waals surface area contributed by atoms with Crippen LogP contribution in [-0.4, -0.2) is 43.0 Å². The Morgan fingerprint density at radius 3 is 2.65 bits per heavy atom. The van der Waals surface area contributed by atoms with Crippen LogP contribution in [0.4, 0.5) is 0 Å². The van der Waals surface area contributed by atoms with Crippen LogP contribution in [0.15, 0.2) is 24.3 Å². The highest BCUT2D eigenvalue weighted by Gasteiger charge is 2.34. The van der Waals surface area contributed by atoms with Gasteiger partial charge in [-0.2, -0.15) is 0 Å². The van der Waals surface area contributed by atoms with Crippen LogP contribution in [-0.2, 0) is 16.0 Å². The first-order valence-electron chi connectivity index (χ1n) is 9.87. The summed E-state index contributed by atoms with van der Waals surface area (Å²) in [6.07, 6.45) is 8.15. The second-order valence-electron chi connectivity index (χ2n) is 7.50. The van der Waals surface area contributed by atoms with Gasteiger partial charge in [0.15, 0.2) is 0 Å². The first-order valence-corrected chi connectivity index (χ1v) is 9.87. The predicted octanol–water partition coefficient (Wildman–Crippen LogP) is 2.93. The van der Waals surface area contributed by atoms with Gasteiger partial charge in [0.25, 0.3) is 0 Å². The summed E-state index contributed by atoms with van der Waals surface area (Å²) in [5, 5.41) is 3.20. The van der Waals surface area contributed by atoms with Crippen molar-refractivity contribution in [1.82, 2.24) is 10.2 Å². The SMILES string of the molecule is COc1ccccc1CCN1CC(C(=O)NC2CCCCCC2)CC1=O. The van der Waals surface area contributed by atoms with Crippen LogP contribution in [0, 0.1) is 5.92 Å². The molecule has 1 N–H and O–H groups in total. The van der Waals surface area contributed by atoms with Gasteiger partial charge in [-0.3, -0.25) is 9.59 Å². The maximum atomic E-state index is 12.6. The summed E-state index contributed by atoms with van der Waals surface area (Å²) in [7, 11) is 1.66. The minimum Gasteiger partial charge on any atom is -0.496 e.